The number of anilines is 4. The van der Waals surface area contributed by atoms with Gasteiger partial charge in [-0.3, -0.25) is 0 Å². The summed E-state index contributed by atoms with van der Waals surface area (Å²) in [6.07, 6.45) is 1.82. The molecule has 0 amide bonds. The van der Waals surface area contributed by atoms with Crippen LogP contribution in [0.15, 0.2) is 64.9 Å². The van der Waals surface area contributed by atoms with Crippen molar-refractivity contribution in [1.29, 1.82) is 0 Å². The fraction of sp³-hybridized carbons (Fsp3) is 0.357. The third-order valence-electron chi connectivity index (χ3n) is 8.45. The summed E-state index contributed by atoms with van der Waals surface area (Å²) >= 11 is 6.12. The predicted octanol–water partition coefficient (Wildman–Crippen LogP) is 8.86. The first-order valence-electron chi connectivity index (χ1n) is 19.6. The maximum absolute atomic E-state index is 14.3. The van der Waals surface area contributed by atoms with Gasteiger partial charge < -0.3 is 46.6 Å². The van der Waals surface area contributed by atoms with E-state index >= 15 is 0 Å². The highest BCUT2D eigenvalue weighted by molar-refractivity contribution is 7.98. The number of hydrogen-bond donors (Lipinski definition) is 4. The number of thiophene rings is 1. The Kier molecular flexibility index (Phi) is 19.7. The molecule has 4 aromatic heterocycles. The number of alkyl halides is 2. The first kappa shape index (κ1) is 49.0. The minimum Gasteiger partial charge on any atom is -0.493 e. The zero-order chi connectivity index (χ0) is 45.1. The molecule has 8 N–H and O–H groups in total. The van der Waals surface area contributed by atoms with Crippen molar-refractivity contribution in [2.75, 3.05) is 83.0 Å². The van der Waals surface area contributed by atoms with Crippen LogP contribution in [0.4, 0.5) is 36.4 Å². The number of rotatable bonds is 23. The molecule has 63 heavy (non-hydrogen) atoms. The lowest BCUT2D eigenvalue weighted by Crippen LogP contribution is -2.11. The number of aryl methyl sites for hydroxylation is 2. The van der Waals surface area contributed by atoms with Crippen LogP contribution in [0.25, 0.3) is 21.0 Å². The Morgan fingerprint density at radius 3 is 1.92 bits per heavy atom. The van der Waals surface area contributed by atoms with Crippen molar-refractivity contribution in [2.24, 2.45) is 0 Å². The zero-order valence-corrected chi connectivity index (χ0v) is 38.3. The van der Waals surface area contributed by atoms with E-state index < -0.39 is 19.2 Å². The lowest BCUT2D eigenvalue weighted by molar-refractivity contribution is 0.0325. The highest BCUT2D eigenvalue weighted by atomic mass is 32.2. The summed E-state index contributed by atoms with van der Waals surface area (Å²) in [5.41, 5.74) is 26.7. The van der Waals surface area contributed by atoms with E-state index in [1.54, 1.807) is 30.6 Å². The fourth-order valence-electron chi connectivity index (χ4n) is 5.63. The van der Waals surface area contributed by atoms with Crippen molar-refractivity contribution in [3.8, 4) is 38.3 Å². The van der Waals surface area contributed by atoms with Crippen LogP contribution in [0, 0.1) is 12.7 Å². The topological polar surface area (TPSA) is 215 Å². The Labute approximate surface area is 380 Å². The summed E-state index contributed by atoms with van der Waals surface area (Å²) in [5.74, 6) is 3.70. The van der Waals surface area contributed by atoms with Crippen LogP contribution in [0.3, 0.4) is 0 Å². The second-order valence-corrected chi connectivity index (χ2v) is 17.5. The number of aromatic nitrogens is 5. The molecule has 0 aliphatic carbocycles. The minimum atomic E-state index is -0.543. The maximum Gasteiger partial charge on any atom is 0.191 e. The average Bonchev–Trinajstić information content (AvgIpc) is 3.84. The molecular weight excluding hydrogens is 896 g/mol. The molecule has 0 radical (unpaired) electrons. The minimum absolute atomic E-state index is 0.00573. The second kappa shape index (κ2) is 25.3. The number of methoxy groups -OCH3 is 1. The van der Waals surface area contributed by atoms with Gasteiger partial charge in [0, 0.05) is 49.9 Å². The third kappa shape index (κ3) is 15.6. The number of hydrogen-bond acceptors (Lipinski definition) is 18. The van der Waals surface area contributed by atoms with Gasteiger partial charge in [0.15, 0.2) is 21.8 Å². The average molecular weight is 946 g/mol. The molecule has 2 aromatic carbocycles. The SMILES string of the molecule is CCCc1sc(-c2cc(F)cc(OCCOCCOCCF)c2)nc1CSc1nc(N)cc(N)n1.COc1cc(-c2cc(CSc3nc(N)cc(N)n3)c(C)s2)ccc1OCCF. The van der Waals surface area contributed by atoms with E-state index in [1.165, 1.54) is 69.6 Å². The smallest absolute Gasteiger partial charge is 0.191 e. The number of nitrogens with zero attached hydrogens (tertiary/aromatic N) is 5. The Balaban J connectivity index is 0.000000243. The highest BCUT2D eigenvalue weighted by Gasteiger charge is 2.16. The van der Waals surface area contributed by atoms with Crippen LogP contribution in [-0.4, -0.2) is 85.0 Å². The predicted molar refractivity (Wildman–Crippen MR) is 248 cm³/mol. The molecule has 14 nitrogen and oxygen atoms in total. The van der Waals surface area contributed by atoms with Crippen molar-refractivity contribution in [1.82, 2.24) is 24.9 Å². The molecule has 0 unspecified atom stereocenters. The van der Waals surface area contributed by atoms with Crippen LogP contribution in [-0.2, 0) is 27.4 Å². The number of thioether (sulfide) groups is 2. The number of nitrogen functional groups attached to an aromatic ring is 4. The summed E-state index contributed by atoms with van der Waals surface area (Å²) in [6.45, 7) is 4.39. The molecule has 0 bridgehead atoms. The van der Waals surface area contributed by atoms with E-state index in [-0.39, 0.29) is 19.8 Å². The van der Waals surface area contributed by atoms with Crippen LogP contribution < -0.4 is 37.1 Å². The van der Waals surface area contributed by atoms with Crippen molar-refractivity contribution in [3.05, 3.63) is 81.4 Å². The molecule has 21 heteroatoms. The molecule has 0 fully saturated rings. The Hall–Kier alpha value is -5.06. The lowest BCUT2D eigenvalue weighted by atomic mass is 10.1. The van der Waals surface area contributed by atoms with E-state index in [9.17, 15) is 13.2 Å². The van der Waals surface area contributed by atoms with Gasteiger partial charge in [-0.25, -0.2) is 38.1 Å². The molecule has 0 saturated carbocycles. The van der Waals surface area contributed by atoms with E-state index in [1.807, 2.05) is 12.1 Å². The van der Waals surface area contributed by atoms with Crippen LogP contribution >= 0.6 is 46.2 Å². The summed E-state index contributed by atoms with van der Waals surface area (Å²) in [4.78, 5) is 25.0. The van der Waals surface area contributed by atoms with Gasteiger partial charge in [0.05, 0.1) is 39.2 Å². The van der Waals surface area contributed by atoms with Gasteiger partial charge in [-0.05, 0) is 60.9 Å². The van der Waals surface area contributed by atoms with E-state index in [0.29, 0.717) is 92.7 Å². The largest absolute Gasteiger partial charge is 0.493 e. The maximum atomic E-state index is 14.3. The zero-order valence-electron chi connectivity index (χ0n) is 35.0. The molecule has 0 aliphatic rings. The number of ether oxygens (including phenoxy) is 5. The number of thiazole rings is 1. The molecule has 0 spiro atoms. The third-order valence-corrected chi connectivity index (χ3v) is 12.6. The van der Waals surface area contributed by atoms with Gasteiger partial charge in [-0.2, -0.15) is 0 Å². The number of halogens is 3. The summed E-state index contributed by atoms with van der Waals surface area (Å²) in [7, 11) is 1.57. The van der Waals surface area contributed by atoms with Crippen LogP contribution in [0.5, 0.6) is 17.2 Å². The van der Waals surface area contributed by atoms with Crippen molar-refractivity contribution < 1.29 is 36.9 Å². The summed E-state index contributed by atoms with van der Waals surface area (Å²) < 4.78 is 65.4. The van der Waals surface area contributed by atoms with Gasteiger partial charge in [-0.15, -0.1) is 22.7 Å². The van der Waals surface area contributed by atoms with Gasteiger partial charge in [-0.1, -0.05) is 36.9 Å². The van der Waals surface area contributed by atoms with Crippen molar-refractivity contribution in [3.63, 3.8) is 0 Å². The summed E-state index contributed by atoms with van der Waals surface area (Å²) in [6, 6.07) is 15.4. The Bertz CT molecular complexity index is 2340. The molecule has 338 valence electrons. The molecule has 0 saturated heterocycles. The molecule has 4 heterocycles. The Morgan fingerprint density at radius 2 is 1.29 bits per heavy atom. The van der Waals surface area contributed by atoms with Crippen LogP contribution in [0.1, 0.15) is 34.4 Å². The van der Waals surface area contributed by atoms with Gasteiger partial charge >= 0.3 is 0 Å². The lowest BCUT2D eigenvalue weighted by Gasteiger charge is -2.10. The van der Waals surface area contributed by atoms with Gasteiger partial charge in [0.1, 0.15) is 66.4 Å². The number of benzene rings is 2. The molecular formula is C42H50F3N9O5S4. The molecule has 0 aliphatic heterocycles. The fourth-order valence-corrected chi connectivity index (χ4v) is 9.79. The molecule has 6 aromatic rings. The van der Waals surface area contributed by atoms with Gasteiger partial charge in [0.2, 0.25) is 0 Å². The van der Waals surface area contributed by atoms with E-state index in [2.05, 4.69) is 39.8 Å². The quantitative estimate of drug-likeness (QED) is 0.0268. The van der Waals surface area contributed by atoms with Crippen LogP contribution in [0.2, 0.25) is 0 Å². The van der Waals surface area contributed by atoms with Crippen molar-refractivity contribution >= 4 is 69.5 Å². The normalized spacial score (nSPS) is 11.0. The standard InChI is InChI=1S/C23H29F2N5O3S2.C19H21FN4O2S2/c1-2-3-19-18(14-34-23-29-20(26)13-21(27)30-23)28-22(35-19)15-10-16(25)12-17(11-15)33-9-8-32-7-6-31-5-4-24;1-11-13(10-27-19-23-17(21)9-18(22)24-19)8-16(28-11)12-3-4-14(26-6-5-20)15(7-12)25-2/h10-13H,2-9,14H2,1H3,(H4,26,27,29,30);3-4,7-9H,5-6,10H2,1-2H3,(H4,21,22,23,24). The first-order valence-corrected chi connectivity index (χ1v) is 23.2. The number of nitrogens with two attached hydrogens (primary N) is 4. The van der Waals surface area contributed by atoms with E-state index in [0.717, 1.165) is 33.9 Å². The monoisotopic (exact) mass is 945 g/mol. The van der Waals surface area contributed by atoms with Crippen molar-refractivity contribution in [2.45, 2.75) is 48.5 Å². The van der Waals surface area contributed by atoms with Gasteiger partial charge in [0.25, 0.3) is 0 Å². The Morgan fingerprint density at radius 1 is 0.651 bits per heavy atom. The van der Waals surface area contributed by atoms with E-state index in [4.69, 9.17) is 51.6 Å². The molecule has 0 atom stereocenters. The summed E-state index contributed by atoms with van der Waals surface area (Å²) in [5, 5.41) is 1.75. The molecule has 6 rings (SSSR count). The first-order chi connectivity index (χ1) is 30.5. The second-order valence-electron chi connectivity index (χ2n) is 13.2. The highest BCUT2D eigenvalue weighted by Crippen LogP contribution is 2.39.